The van der Waals surface area contributed by atoms with Crippen molar-refractivity contribution < 1.29 is 13.0 Å². The Morgan fingerprint density at radius 1 is 0.704 bits per heavy atom. The summed E-state index contributed by atoms with van der Waals surface area (Å²) in [5.41, 5.74) is 5.88. The molecule has 0 aromatic heterocycles. The van der Waals surface area contributed by atoms with E-state index in [0.717, 1.165) is 16.3 Å². The molecule has 0 heterocycles. The summed E-state index contributed by atoms with van der Waals surface area (Å²) >= 11 is 0. The highest BCUT2D eigenvalue weighted by Gasteiger charge is 2.28. The van der Waals surface area contributed by atoms with Gasteiger partial charge in [-0.25, -0.2) is 0 Å². The molecular formula is C23H34O3S. The largest absolute Gasteiger partial charge is 0.294 e. The van der Waals surface area contributed by atoms with Gasteiger partial charge in [-0.05, 0) is 75.3 Å². The minimum Gasteiger partial charge on any atom is -0.282 e. The molecule has 0 fully saturated rings. The van der Waals surface area contributed by atoms with E-state index in [9.17, 15) is 13.0 Å². The van der Waals surface area contributed by atoms with E-state index in [1.165, 1.54) is 22.3 Å². The zero-order valence-electron chi connectivity index (χ0n) is 18.1. The summed E-state index contributed by atoms with van der Waals surface area (Å²) in [6, 6.07) is 3.45. The highest BCUT2D eigenvalue weighted by atomic mass is 32.2. The molecule has 3 nitrogen and oxygen atoms in total. The van der Waals surface area contributed by atoms with Crippen molar-refractivity contribution in [2.75, 3.05) is 0 Å². The number of hydrogen-bond acceptors (Lipinski definition) is 2. The van der Waals surface area contributed by atoms with Gasteiger partial charge in [0.1, 0.15) is 0 Å². The highest BCUT2D eigenvalue weighted by molar-refractivity contribution is 7.85. The zero-order valence-corrected chi connectivity index (χ0v) is 19.0. The molecular weight excluding hydrogens is 356 g/mol. The van der Waals surface area contributed by atoms with Gasteiger partial charge in [0, 0.05) is 0 Å². The van der Waals surface area contributed by atoms with Crippen molar-refractivity contribution in [3.63, 3.8) is 0 Å². The van der Waals surface area contributed by atoms with Crippen LogP contribution in [0.25, 0.3) is 10.8 Å². The van der Waals surface area contributed by atoms with Crippen molar-refractivity contribution in [3.05, 3.63) is 39.9 Å². The maximum Gasteiger partial charge on any atom is 0.294 e. The molecule has 0 aliphatic heterocycles. The van der Waals surface area contributed by atoms with E-state index in [-0.39, 0.29) is 16.7 Å². The third kappa shape index (κ3) is 3.79. The predicted octanol–water partition coefficient (Wildman–Crippen LogP) is 6.89. The van der Waals surface area contributed by atoms with Crippen LogP contribution >= 0.6 is 0 Å². The van der Waals surface area contributed by atoms with E-state index < -0.39 is 10.1 Å². The molecule has 2 aromatic carbocycles. The topological polar surface area (TPSA) is 54.4 Å². The average molecular weight is 391 g/mol. The molecule has 0 atom stereocenters. The second-order valence-corrected chi connectivity index (χ2v) is 10.2. The van der Waals surface area contributed by atoms with Gasteiger partial charge in [-0.2, -0.15) is 8.42 Å². The first-order valence-electron chi connectivity index (χ1n) is 9.90. The Balaban J connectivity index is 3.30. The minimum atomic E-state index is -4.28. The Labute approximate surface area is 164 Å². The number of fused-ring (bicyclic) bond motifs is 1. The molecule has 150 valence electrons. The van der Waals surface area contributed by atoms with Gasteiger partial charge in [0.15, 0.2) is 0 Å². The first-order chi connectivity index (χ1) is 12.3. The van der Waals surface area contributed by atoms with Crippen molar-refractivity contribution >= 4 is 20.9 Å². The molecule has 0 amide bonds. The monoisotopic (exact) mass is 390 g/mol. The molecule has 0 aliphatic rings. The van der Waals surface area contributed by atoms with Gasteiger partial charge >= 0.3 is 0 Å². The molecule has 0 saturated carbocycles. The van der Waals surface area contributed by atoms with E-state index in [0.29, 0.717) is 11.8 Å². The van der Waals surface area contributed by atoms with Gasteiger partial charge in [-0.3, -0.25) is 4.55 Å². The molecule has 1 N–H and O–H groups in total. The van der Waals surface area contributed by atoms with Gasteiger partial charge in [0.25, 0.3) is 10.1 Å². The second-order valence-electron chi connectivity index (χ2n) is 8.86. The molecule has 0 saturated heterocycles. The summed E-state index contributed by atoms with van der Waals surface area (Å²) in [6.07, 6.45) is 0. The third-order valence-electron chi connectivity index (χ3n) is 5.45. The lowest BCUT2D eigenvalue weighted by molar-refractivity contribution is 0.481. The van der Waals surface area contributed by atoms with Crippen molar-refractivity contribution in [1.29, 1.82) is 0 Å². The third-order valence-corrected chi connectivity index (χ3v) is 6.36. The van der Waals surface area contributed by atoms with E-state index in [2.05, 4.69) is 48.5 Å². The SMILES string of the molecule is Cc1c(C(C)C)c(C(C)C)c(C(C)C)c2c(C(C)C)c(S(=O)(=O)O)ccc12. The first kappa shape index (κ1) is 21.9. The van der Waals surface area contributed by atoms with Crippen LogP contribution in [0.4, 0.5) is 0 Å². The summed E-state index contributed by atoms with van der Waals surface area (Å²) in [5, 5.41) is 2.11. The maximum atomic E-state index is 12.1. The summed E-state index contributed by atoms with van der Waals surface area (Å²) in [6.45, 7) is 19.3. The minimum absolute atomic E-state index is 0.0209. The van der Waals surface area contributed by atoms with E-state index in [4.69, 9.17) is 0 Å². The van der Waals surface area contributed by atoms with E-state index >= 15 is 0 Å². The second kappa shape index (κ2) is 7.56. The molecule has 0 unspecified atom stereocenters. The maximum absolute atomic E-state index is 12.1. The van der Waals surface area contributed by atoms with Gasteiger partial charge in [-0.1, -0.05) is 61.5 Å². The Hall–Kier alpha value is -1.39. The van der Waals surface area contributed by atoms with Gasteiger partial charge in [-0.15, -0.1) is 0 Å². The summed E-state index contributed by atoms with van der Waals surface area (Å²) in [4.78, 5) is 0.0401. The van der Waals surface area contributed by atoms with Crippen LogP contribution in [0.5, 0.6) is 0 Å². The van der Waals surface area contributed by atoms with Crippen LogP contribution in [-0.2, 0) is 10.1 Å². The number of hydrogen-bond donors (Lipinski definition) is 1. The molecule has 0 spiro atoms. The molecule has 27 heavy (non-hydrogen) atoms. The van der Waals surface area contributed by atoms with E-state index in [1.54, 1.807) is 6.07 Å². The highest BCUT2D eigenvalue weighted by Crippen LogP contribution is 2.45. The van der Waals surface area contributed by atoms with Crippen LogP contribution in [0, 0.1) is 6.92 Å². The van der Waals surface area contributed by atoms with Gasteiger partial charge in [0.2, 0.25) is 0 Å². The Bertz CT molecular complexity index is 965. The van der Waals surface area contributed by atoms with Gasteiger partial charge in [0.05, 0.1) is 4.90 Å². The van der Waals surface area contributed by atoms with Crippen LogP contribution in [0.1, 0.15) is 107 Å². The predicted molar refractivity (Wildman–Crippen MR) is 115 cm³/mol. The normalized spacial score (nSPS) is 13.0. The summed E-state index contributed by atoms with van der Waals surface area (Å²) in [5.74, 6) is 0.940. The molecule has 0 radical (unpaired) electrons. The lowest BCUT2D eigenvalue weighted by Crippen LogP contribution is -2.13. The first-order valence-corrected chi connectivity index (χ1v) is 11.3. The molecule has 2 rings (SSSR count). The lowest BCUT2D eigenvalue weighted by atomic mass is 9.75. The fourth-order valence-electron chi connectivity index (χ4n) is 4.59. The number of rotatable bonds is 5. The number of aryl methyl sites for hydroxylation is 1. The standard InChI is InChI=1S/C23H34O3S/c1-12(2)19-16(9)17-10-11-18(27(24,25)26)20(13(3)4)23(17)22(15(7)8)21(19)14(5)6/h10-15H,1-9H3,(H,24,25,26). The zero-order chi connectivity index (χ0) is 20.8. The van der Waals surface area contributed by atoms with Crippen LogP contribution < -0.4 is 0 Å². The lowest BCUT2D eigenvalue weighted by Gasteiger charge is -2.29. The van der Waals surface area contributed by atoms with Crippen molar-refractivity contribution in [2.24, 2.45) is 0 Å². The van der Waals surface area contributed by atoms with Crippen molar-refractivity contribution in [3.8, 4) is 0 Å². The molecule has 0 aliphatic carbocycles. The summed E-state index contributed by atoms with van der Waals surface area (Å²) < 4.78 is 34.1. The fraction of sp³-hybridized carbons (Fsp3) is 0.565. The number of benzene rings is 2. The Kier molecular flexibility index (Phi) is 6.13. The van der Waals surface area contributed by atoms with Crippen LogP contribution in [-0.4, -0.2) is 13.0 Å². The smallest absolute Gasteiger partial charge is 0.282 e. The van der Waals surface area contributed by atoms with Crippen LogP contribution in [0.15, 0.2) is 17.0 Å². The van der Waals surface area contributed by atoms with Crippen LogP contribution in [0.3, 0.4) is 0 Å². The molecule has 4 heteroatoms. The fourth-order valence-corrected chi connectivity index (χ4v) is 5.45. The summed E-state index contributed by atoms with van der Waals surface area (Å²) in [7, 11) is -4.28. The quantitative estimate of drug-likeness (QED) is 0.566. The van der Waals surface area contributed by atoms with E-state index in [1.807, 2.05) is 19.9 Å². The molecule has 0 bridgehead atoms. The van der Waals surface area contributed by atoms with Crippen molar-refractivity contribution in [1.82, 2.24) is 0 Å². The Morgan fingerprint density at radius 2 is 1.15 bits per heavy atom. The van der Waals surface area contributed by atoms with Crippen molar-refractivity contribution in [2.45, 2.75) is 90.9 Å². The van der Waals surface area contributed by atoms with Gasteiger partial charge < -0.3 is 0 Å². The molecule has 2 aromatic rings. The van der Waals surface area contributed by atoms with Crippen LogP contribution in [0.2, 0.25) is 0 Å². The Morgan fingerprint density at radius 3 is 1.52 bits per heavy atom. The average Bonchev–Trinajstić information content (AvgIpc) is 2.51.